The van der Waals surface area contributed by atoms with Crippen molar-refractivity contribution in [1.82, 2.24) is 4.98 Å². The number of hydrazone groups is 1. The van der Waals surface area contributed by atoms with Crippen LogP contribution in [-0.2, 0) is 0 Å². The van der Waals surface area contributed by atoms with E-state index >= 15 is 0 Å². The second-order valence-electron chi connectivity index (χ2n) is 3.45. The Morgan fingerprint density at radius 1 is 1.42 bits per heavy atom. The quantitative estimate of drug-likeness (QED) is 0.661. The van der Waals surface area contributed by atoms with E-state index in [1.165, 1.54) is 11.3 Å². The lowest BCUT2D eigenvalue weighted by Crippen LogP contribution is -1.95. The Morgan fingerprint density at radius 3 is 2.74 bits per heavy atom. The molecule has 1 aromatic heterocycles. The average molecular weight is 316 g/mol. The van der Waals surface area contributed by atoms with Gasteiger partial charge in [-0.2, -0.15) is 5.10 Å². The molecule has 0 aliphatic rings. The van der Waals surface area contributed by atoms with Crippen molar-refractivity contribution in [3.05, 3.63) is 39.3 Å². The molecule has 0 aliphatic heterocycles. The van der Waals surface area contributed by atoms with E-state index in [1.807, 2.05) is 12.3 Å². The third-order valence-corrected chi connectivity index (χ3v) is 3.35. The van der Waals surface area contributed by atoms with E-state index in [0.717, 1.165) is 10.7 Å². The van der Waals surface area contributed by atoms with Gasteiger partial charge >= 0.3 is 0 Å². The molecule has 2 aromatic rings. The molecule has 4 nitrogen and oxygen atoms in total. The Hall–Kier alpha value is -1.30. The minimum absolute atomic E-state index is 0.463. The molecular weight excluding hydrogens is 305 g/mol. The fraction of sp³-hybridized carbons (Fsp3) is 0.167. The molecule has 0 radical (unpaired) electrons. The van der Waals surface area contributed by atoms with Gasteiger partial charge < -0.3 is 4.74 Å². The largest absolute Gasteiger partial charge is 0.491 e. The Labute approximate surface area is 125 Å². The number of halogens is 2. The molecule has 0 spiro atoms. The molecular formula is C12H11Cl2N3OS. The topological polar surface area (TPSA) is 46.5 Å². The molecule has 2 rings (SSSR count). The van der Waals surface area contributed by atoms with Crippen molar-refractivity contribution in [2.45, 2.75) is 6.92 Å². The summed E-state index contributed by atoms with van der Waals surface area (Å²) in [5.41, 5.74) is 3.59. The van der Waals surface area contributed by atoms with E-state index in [2.05, 4.69) is 15.5 Å². The fourth-order valence-corrected chi connectivity index (χ4v) is 2.47. The number of hydrogen-bond donors (Lipinski definition) is 1. The van der Waals surface area contributed by atoms with Gasteiger partial charge in [-0.3, -0.25) is 5.43 Å². The summed E-state index contributed by atoms with van der Waals surface area (Å²) in [6.07, 6.45) is 3.32. The van der Waals surface area contributed by atoms with Crippen LogP contribution in [0.25, 0.3) is 0 Å². The molecule has 0 unspecified atom stereocenters. The first-order chi connectivity index (χ1) is 9.20. The number of ether oxygens (including phenoxy) is 1. The zero-order valence-corrected chi connectivity index (χ0v) is 12.4. The summed E-state index contributed by atoms with van der Waals surface area (Å²) >= 11 is 13.6. The van der Waals surface area contributed by atoms with Gasteiger partial charge in [-0.1, -0.05) is 23.2 Å². The first-order valence-corrected chi connectivity index (χ1v) is 7.14. The third kappa shape index (κ3) is 3.83. The Morgan fingerprint density at radius 2 is 2.16 bits per heavy atom. The van der Waals surface area contributed by atoms with Crippen LogP contribution in [0.3, 0.4) is 0 Å². The van der Waals surface area contributed by atoms with Crippen molar-refractivity contribution < 1.29 is 4.74 Å². The van der Waals surface area contributed by atoms with Gasteiger partial charge in [-0.15, -0.1) is 11.3 Å². The summed E-state index contributed by atoms with van der Waals surface area (Å²) in [7, 11) is 0. The highest BCUT2D eigenvalue weighted by Gasteiger charge is 2.08. The predicted molar refractivity (Wildman–Crippen MR) is 81.0 cm³/mol. The summed E-state index contributed by atoms with van der Waals surface area (Å²) in [6.45, 7) is 2.39. The number of nitrogens with zero attached hydrogens (tertiary/aromatic N) is 2. The lowest BCUT2D eigenvalue weighted by Gasteiger charge is -2.08. The average Bonchev–Trinajstić information content (AvgIpc) is 2.87. The normalized spacial score (nSPS) is 10.9. The molecule has 0 fully saturated rings. The van der Waals surface area contributed by atoms with Crippen LogP contribution in [0.1, 0.15) is 12.5 Å². The number of aromatic nitrogens is 1. The minimum atomic E-state index is 0.463. The van der Waals surface area contributed by atoms with Crippen molar-refractivity contribution in [2.75, 3.05) is 12.0 Å². The standard InChI is InChI=1S/C12H11Cl2N3OS/c1-2-18-11-9(13)5-8(6-10(11)14)7-16-17-12-15-3-4-19-12/h3-7H,2H2,1H3,(H,15,17)/b16-7-. The molecule has 1 N–H and O–H groups in total. The zero-order valence-electron chi connectivity index (χ0n) is 10.1. The van der Waals surface area contributed by atoms with E-state index in [-0.39, 0.29) is 0 Å². The first kappa shape index (κ1) is 14.1. The molecule has 19 heavy (non-hydrogen) atoms. The van der Waals surface area contributed by atoms with Gasteiger partial charge in [-0.05, 0) is 24.6 Å². The molecule has 7 heteroatoms. The molecule has 0 aliphatic carbocycles. The molecule has 0 amide bonds. The number of hydrogen-bond acceptors (Lipinski definition) is 5. The van der Waals surface area contributed by atoms with E-state index in [4.69, 9.17) is 27.9 Å². The lowest BCUT2D eigenvalue weighted by molar-refractivity contribution is 0.340. The first-order valence-electron chi connectivity index (χ1n) is 5.51. The summed E-state index contributed by atoms with van der Waals surface area (Å²) in [5.74, 6) is 0.496. The highest BCUT2D eigenvalue weighted by atomic mass is 35.5. The Bertz CT molecular complexity index is 549. The molecule has 0 saturated heterocycles. The number of rotatable bonds is 5. The zero-order chi connectivity index (χ0) is 13.7. The van der Waals surface area contributed by atoms with Crippen LogP contribution in [0, 0.1) is 0 Å². The monoisotopic (exact) mass is 315 g/mol. The van der Waals surface area contributed by atoms with Gasteiger partial charge in [-0.25, -0.2) is 4.98 Å². The summed E-state index contributed by atoms with van der Waals surface area (Å²) < 4.78 is 5.35. The fourth-order valence-electron chi connectivity index (χ4n) is 1.38. The van der Waals surface area contributed by atoms with Gasteiger partial charge in [0.2, 0.25) is 5.13 Å². The lowest BCUT2D eigenvalue weighted by atomic mass is 10.2. The van der Waals surface area contributed by atoms with Gasteiger partial charge in [0, 0.05) is 11.6 Å². The predicted octanol–water partition coefficient (Wildman–Crippen LogP) is 4.29. The maximum absolute atomic E-state index is 6.09. The highest BCUT2D eigenvalue weighted by molar-refractivity contribution is 7.13. The summed E-state index contributed by atoms with van der Waals surface area (Å²) in [5, 5.41) is 7.57. The van der Waals surface area contributed by atoms with Crippen LogP contribution < -0.4 is 10.2 Å². The van der Waals surface area contributed by atoms with Gasteiger partial charge in [0.25, 0.3) is 0 Å². The smallest absolute Gasteiger partial charge is 0.203 e. The van der Waals surface area contributed by atoms with Crippen LogP contribution in [-0.4, -0.2) is 17.8 Å². The number of nitrogens with one attached hydrogen (secondary N) is 1. The third-order valence-electron chi connectivity index (χ3n) is 2.12. The molecule has 100 valence electrons. The molecule has 0 bridgehead atoms. The van der Waals surface area contributed by atoms with Crippen LogP contribution in [0.15, 0.2) is 28.8 Å². The van der Waals surface area contributed by atoms with Crippen LogP contribution >= 0.6 is 34.5 Å². The Balaban J connectivity index is 2.11. The SMILES string of the molecule is CCOc1c(Cl)cc(/C=N\Nc2nccs2)cc1Cl. The summed E-state index contributed by atoms with van der Waals surface area (Å²) in [4.78, 5) is 4.04. The van der Waals surface area contributed by atoms with Crippen molar-refractivity contribution >= 4 is 45.9 Å². The van der Waals surface area contributed by atoms with Gasteiger partial charge in [0.05, 0.1) is 22.9 Å². The second kappa shape index (κ2) is 6.75. The molecule has 1 aromatic carbocycles. The number of benzene rings is 1. The van der Waals surface area contributed by atoms with Gasteiger partial charge in [0.15, 0.2) is 5.75 Å². The van der Waals surface area contributed by atoms with Gasteiger partial charge in [0.1, 0.15) is 0 Å². The van der Waals surface area contributed by atoms with Crippen molar-refractivity contribution in [1.29, 1.82) is 0 Å². The maximum atomic E-state index is 6.09. The van der Waals surface area contributed by atoms with Crippen LogP contribution in [0.2, 0.25) is 10.0 Å². The van der Waals surface area contributed by atoms with E-state index in [1.54, 1.807) is 24.5 Å². The molecule has 0 atom stereocenters. The maximum Gasteiger partial charge on any atom is 0.203 e. The van der Waals surface area contributed by atoms with E-state index in [9.17, 15) is 0 Å². The van der Waals surface area contributed by atoms with Crippen molar-refractivity contribution in [3.8, 4) is 5.75 Å². The van der Waals surface area contributed by atoms with Crippen LogP contribution in [0.5, 0.6) is 5.75 Å². The molecule has 1 heterocycles. The van der Waals surface area contributed by atoms with E-state index < -0.39 is 0 Å². The Kier molecular flexibility index (Phi) is 5.01. The number of thiazole rings is 1. The second-order valence-corrected chi connectivity index (χ2v) is 5.16. The highest BCUT2D eigenvalue weighted by Crippen LogP contribution is 2.33. The van der Waals surface area contributed by atoms with Crippen molar-refractivity contribution in [3.63, 3.8) is 0 Å². The molecule has 0 saturated carbocycles. The van der Waals surface area contributed by atoms with Crippen molar-refractivity contribution in [2.24, 2.45) is 5.10 Å². The number of anilines is 1. The minimum Gasteiger partial charge on any atom is -0.491 e. The summed E-state index contributed by atoms with van der Waals surface area (Å²) in [6, 6.07) is 3.48. The van der Waals surface area contributed by atoms with E-state index in [0.29, 0.717) is 22.4 Å². The van der Waals surface area contributed by atoms with Crippen LogP contribution in [0.4, 0.5) is 5.13 Å².